The molecule has 1 aromatic carbocycles. The van der Waals surface area contributed by atoms with Crippen molar-refractivity contribution in [2.24, 2.45) is 5.92 Å². The summed E-state index contributed by atoms with van der Waals surface area (Å²) in [4.78, 5) is 2.54. The van der Waals surface area contributed by atoms with E-state index in [1.165, 1.54) is 31.5 Å². The van der Waals surface area contributed by atoms with Gasteiger partial charge in [0.15, 0.2) is 0 Å². The highest BCUT2D eigenvalue weighted by Gasteiger charge is 2.34. The van der Waals surface area contributed by atoms with Crippen molar-refractivity contribution >= 4 is 0 Å². The molecule has 2 unspecified atom stereocenters. The molecule has 0 spiro atoms. The third-order valence-electron chi connectivity index (χ3n) is 4.56. The van der Waals surface area contributed by atoms with Gasteiger partial charge in [0, 0.05) is 37.3 Å². The van der Waals surface area contributed by atoms with Crippen LogP contribution in [0.4, 0.5) is 0 Å². The van der Waals surface area contributed by atoms with Crippen LogP contribution in [0, 0.1) is 5.92 Å². The second-order valence-electron chi connectivity index (χ2n) is 5.83. The number of methoxy groups -OCH3 is 2. The predicted molar refractivity (Wildman–Crippen MR) is 79.3 cm³/mol. The second kappa shape index (κ2) is 6.02. The molecule has 2 heterocycles. The SMILES string of the molecule is COc1ccc(CN2CC3CCCNC3C2)c(OC)c1. The van der Waals surface area contributed by atoms with Gasteiger partial charge in [0.25, 0.3) is 0 Å². The summed E-state index contributed by atoms with van der Waals surface area (Å²) < 4.78 is 10.7. The Kier molecular flexibility index (Phi) is 4.13. The van der Waals surface area contributed by atoms with Gasteiger partial charge in [-0.2, -0.15) is 0 Å². The molecule has 2 fully saturated rings. The summed E-state index contributed by atoms with van der Waals surface area (Å²) in [5.74, 6) is 2.60. The highest BCUT2D eigenvalue weighted by molar-refractivity contribution is 5.40. The Balaban J connectivity index is 1.68. The number of hydrogen-bond donors (Lipinski definition) is 1. The molecule has 20 heavy (non-hydrogen) atoms. The molecule has 0 aromatic heterocycles. The van der Waals surface area contributed by atoms with Crippen LogP contribution in [0.25, 0.3) is 0 Å². The topological polar surface area (TPSA) is 33.7 Å². The molecule has 2 aliphatic rings. The van der Waals surface area contributed by atoms with Crippen molar-refractivity contribution in [1.82, 2.24) is 10.2 Å². The van der Waals surface area contributed by atoms with Crippen LogP contribution in [0.1, 0.15) is 18.4 Å². The van der Waals surface area contributed by atoms with Crippen molar-refractivity contribution < 1.29 is 9.47 Å². The second-order valence-corrected chi connectivity index (χ2v) is 5.83. The van der Waals surface area contributed by atoms with Crippen LogP contribution in [-0.4, -0.2) is 44.8 Å². The minimum absolute atomic E-state index is 0.688. The first-order chi connectivity index (χ1) is 9.80. The molecule has 0 aliphatic carbocycles. The Bertz CT molecular complexity index is 450. The summed E-state index contributed by atoms with van der Waals surface area (Å²) in [6.45, 7) is 4.50. The highest BCUT2D eigenvalue weighted by atomic mass is 16.5. The van der Waals surface area contributed by atoms with Gasteiger partial charge in [-0.3, -0.25) is 4.90 Å². The van der Waals surface area contributed by atoms with E-state index in [0.717, 1.165) is 30.5 Å². The molecule has 4 heteroatoms. The summed E-state index contributed by atoms with van der Waals surface area (Å²) in [5, 5.41) is 3.65. The van der Waals surface area contributed by atoms with Gasteiger partial charge in [-0.1, -0.05) is 6.07 Å². The maximum Gasteiger partial charge on any atom is 0.127 e. The van der Waals surface area contributed by atoms with E-state index in [1.54, 1.807) is 14.2 Å². The average molecular weight is 276 g/mol. The molecule has 0 bridgehead atoms. The number of nitrogens with one attached hydrogen (secondary N) is 1. The smallest absolute Gasteiger partial charge is 0.127 e. The van der Waals surface area contributed by atoms with E-state index in [4.69, 9.17) is 9.47 Å². The minimum atomic E-state index is 0.688. The normalized spacial score (nSPS) is 26.3. The Labute approximate surface area is 121 Å². The molecule has 3 rings (SSSR count). The molecular weight excluding hydrogens is 252 g/mol. The molecule has 0 radical (unpaired) electrons. The summed E-state index contributed by atoms with van der Waals surface area (Å²) in [6.07, 6.45) is 2.69. The molecule has 2 atom stereocenters. The fourth-order valence-corrected chi connectivity index (χ4v) is 3.49. The molecular formula is C16H24N2O2. The van der Waals surface area contributed by atoms with Gasteiger partial charge in [0.1, 0.15) is 11.5 Å². The standard InChI is InChI=1S/C16H24N2O2/c1-19-14-6-5-13(16(8-14)20-2)10-18-9-12-4-3-7-17-15(12)11-18/h5-6,8,12,15,17H,3-4,7,9-11H2,1-2H3. The van der Waals surface area contributed by atoms with Gasteiger partial charge in [-0.05, 0) is 31.4 Å². The minimum Gasteiger partial charge on any atom is -0.497 e. The maximum absolute atomic E-state index is 5.49. The lowest BCUT2D eigenvalue weighted by atomic mass is 9.94. The summed E-state index contributed by atoms with van der Waals surface area (Å²) in [6, 6.07) is 6.79. The molecule has 1 aromatic rings. The van der Waals surface area contributed by atoms with Crippen molar-refractivity contribution in [1.29, 1.82) is 0 Å². The zero-order valence-electron chi connectivity index (χ0n) is 12.4. The molecule has 4 nitrogen and oxygen atoms in total. The van der Waals surface area contributed by atoms with Gasteiger partial charge >= 0.3 is 0 Å². The van der Waals surface area contributed by atoms with Gasteiger partial charge in [-0.15, -0.1) is 0 Å². The van der Waals surface area contributed by atoms with Crippen LogP contribution in [0.3, 0.4) is 0 Å². The predicted octanol–water partition coefficient (Wildman–Crippen LogP) is 1.89. The van der Waals surface area contributed by atoms with E-state index in [9.17, 15) is 0 Å². The Morgan fingerprint density at radius 3 is 2.90 bits per heavy atom. The Hall–Kier alpha value is -1.26. The molecule has 110 valence electrons. The monoisotopic (exact) mass is 276 g/mol. The average Bonchev–Trinajstić information content (AvgIpc) is 2.90. The van der Waals surface area contributed by atoms with E-state index in [2.05, 4.69) is 16.3 Å². The first kappa shape index (κ1) is 13.7. The number of likely N-dealkylation sites (tertiary alicyclic amines) is 1. The molecule has 0 saturated carbocycles. The summed E-state index contributed by atoms with van der Waals surface area (Å²) in [5.41, 5.74) is 1.24. The fourth-order valence-electron chi connectivity index (χ4n) is 3.49. The van der Waals surface area contributed by atoms with Crippen LogP contribution in [-0.2, 0) is 6.54 Å². The maximum atomic E-state index is 5.49. The molecule has 2 saturated heterocycles. The summed E-state index contributed by atoms with van der Waals surface area (Å²) in [7, 11) is 3.41. The van der Waals surface area contributed by atoms with E-state index in [-0.39, 0.29) is 0 Å². The lowest BCUT2D eigenvalue weighted by molar-refractivity contribution is 0.304. The fraction of sp³-hybridized carbons (Fsp3) is 0.625. The number of piperidine rings is 1. The first-order valence-electron chi connectivity index (χ1n) is 7.47. The largest absolute Gasteiger partial charge is 0.497 e. The van der Waals surface area contributed by atoms with E-state index < -0.39 is 0 Å². The van der Waals surface area contributed by atoms with Crippen LogP contribution in [0.2, 0.25) is 0 Å². The van der Waals surface area contributed by atoms with Crippen molar-refractivity contribution in [3.8, 4) is 11.5 Å². The number of hydrogen-bond acceptors (Lipinski definition) is 4. The van der Waals surface area contributed by atoms with Gasteiger partial charge in [0.05, 0.1) is 14.2 Å². The quantitative estimate of drug-likeness (QED) is 0.910. The lowest BCUT2D eigenvalue weighted by Crippen LogP contribution is -2.40. The zero-order valence-corrected chi connectivity index (χ0v) is 12.4. The third kappa shape index (κ3) is 2.76. The third-order valence-corrected chi connectivity index (χ3v) is 4.56. The Morgan fingerprint density at radius 1 is 1.25 bits per heavy atom. The summed E-state index contributed by atoms with van der Waals surface area (Å²) >= 11 is 0. The number of nitrogens with zero attached hydrogens (tertiary/aromatic N) is 1. The first-order valence-corrected chi connectivity index (χ1v) is 7.47. The van der Waals surface area contributed by atoms with Crippen LogP contribution < -0.4 is 14.8 Å². The van der Waals surface area contributed by atoms with Crippen LogP contribution in [0.15, 0.2) is 18.2 Å². The Morgan fingerprint density at radius 2 is 2.15 bits per heavy atom. The van der Waals surface area contributed by atoms with Crippen molar-refractivity contribution in [3.63, 3.8) is 0 Å². The van der Waals surface area contributed by atoms with Crippen LogP contribution >= 0.6 is 0 Å². The van der Waals surface area contributed by atoms with Crippen molar-refractivity contribution in [2.75, 3.05) is 33.9 Å². The van der Waals surface area contributed by atoms with Gasteiger partial charge in [-0.25, -0.2) is 0 Å². The lowest BCUT2D eigenvalue weighted by Gasteiger charge is -2.24. The van der Waals surface area contributed by atoms with Crippen molar-refractivity contribution in [2.45, 2.75) is 25.4 Å². The molecule has 2 aliphatic heterocycles. The van der Waals surface area contributed by atoms with E-state index in [1.807, 2.05) is 12.1 Å². The highest BCUT2D eigenvalue weighted by Crippen LogP contribution is 2.30. The van der Waals surface area contributed by atoms with E-state index >= 15 is 0 Å². The van der Waals surface area contributed by atoms with E-state index in [0.29, 0.717) is 6.04 Å². The number of fused-ring (bicyclic) bond motifs is 1. The van der Waals surface area contributed by atoms with Crippen molar-refractivity contribution in [3.05, 3.63) is 23.8 Å². The zero-order chi connectivity index (χ0) is 13.9. The number of rotatable bonds is 4. The number of ether oxygens (including phenoxy) is 2. The molecule has 1 N–H and O–H groups in total. The van der Waals surface area contributed by atoms with Crippen LogP contribution in [0.5, 0.6) is 11.5 Å². The number of benzene rings is 1. The van der Waals surface area contributed by atoms with Gasteiger partial charge < -0.3 is 14.8 Å². The van der Waals surface area contributed by atoms with Gasteiger partial charge in [0.2, 0.25) is 0 Å². The molecule has 0 amide bonds.